The van der Waals surface area contributed by atoms with E-state index in [0.29, 0.717) is 12.3 Å². The molecule has 2 atom stereocenters. The number of carbonyl (C=O) groups is 2. The van der Waals surface area contributed by atoms with Gasteiger partial charge in [0.1, 0.15) is 12.1 Å². The predicted octanol–water partition coefficient (Wildman–Crippen LogP) is 0.473. The van der Waals surface area contributed by atoms with E-state index < -0.39 is 18.1 Å². The molecule has 1 aromatic rings. The highest BCUT2D eigenvalue weighted by atomic mass is 32.2. The van der Waals surface area contributed by atoms with Gasteiger partial charge in [-0.05, 0) is 13.0 Å². The fourth-order valence-electron chi connectivity index (χ4n) is 1.93. The molecule has 0 bridgehead atoms. The minimum absolute atomic E-state index is 0.189. The zero-order chi connectivity index (χ0) is 13.1. The van der Waals surface area contributed by atoms with E-state index in [1.165, 1.54) is 4.90 Å². The second-order valence-corrected chi connectivity index (χ2v) is 5.27. The number of carboxylic acids is 1. The first-order chi connectivity index (χ1) is 8.61. The average molecular weight is 269 g/mol. The van der Waals surface area contributed by atoms with Crippen LogP contribution in [0.2, 0.25) is 0 Å². The van der Waals surface area contributed by atoms with Crippen molar-refractivity contribution in [3.05, 3.63) is 18.5 Å². The first kappa shape index (κ1) is 12.9. The molecule has 1 aliphatic rings. The molecule has 7 heteroatoms. The Hall–Kier alpha value is -1.50. The summed E-state index contributed by atoms with van der Waals surface area (Å²) in [4.78, 5) is 24.9. The fraction of sp³-hybridized carbons (Fsp3) is 0.545. The maximum atomic E-state index is 12.3. The van der Waals surface area contributed by atoms with Crippen molar-refractivity contribution in [2.45, 2.75) is 19.0 Å². The zero-order valence-corrected chi connectivity index (χ0v) is 10.8. The maximum absolute atomic E-state index is 12.3. The molecule has 0 spiro atoms. The Balaban J connectivity index is 2.13. The molecule has 1 aliphatic heterocycles. The van der Waals surface area contributed by atoms with Gasteiger partial charge in [-0.25, -0.2) is 4.79 Å². The third kappa shape index (κ3) is 2.50. The molecule has 1 amide bonds. The van der Waals surface area contributed by atoms with Crippen molar-refractivity contribution in [3.63, 3.8) is 0 Å². The zero-order valence-electron chi connectivity index (χ0n) is 10.0. The Morgan fingerprint density at radius 3 is 2.94 bits per heavy atom. The lowest BCUT2D eigenvalue weighted by molar-refractivity contribution is -0.150. The summed E-state index contributed by atoms with van der Waals surface area (Å²) in [6.07, 6.45) is 3.31. The number of carboxylic acid groups (broad SMARTS) is 1. The highest BCUT2D eigenvalue weighted by molar-refractivity contribution is 7.99. The van der Waals surface area contributed by atoms with E-state index in [4.69, 9.17) is 5.11 Å². The number of hydrogen-bond acceptors (Lipinski definition) is 4. The first-order valence-corrected chi connectivity index (χ1v) is 6.87. The molecule has 2 unspecified atom stereocenters. The molecule has 2 rings (SSSR count). The summed E-state index contributed by atoms with van der Waals surface area (Å²) in [6, 6.07) is 0.545. The van der Waals surface area contributed by atoms with E-state index in [2.05, 4.69) is 5.10 Å². The average Bonchev–Trinajstić information content (AvgIpc) is 2.90. The van der Waals surface area contributed by atoms with Crippen molar-refractivity contribution in [2.75, 3.05) is 18.1 Å². The molecule has 1 N–H and O–H groups in total. The van der Waals surface area contributed by atoms with Gasteiger partial charge >= 0.3 is 5.97 Å². The van der Waals surface area contributed by atoms with E-state index in [0.717, 1.165) is 5.75 Å². The molecule has 1 saturated heterocycles. The smallest absolute Gasteiger partial charge is 0.327 e. The molecule has 18 heavy (non-hydrogen) atoms. The molecule has 2 heterocycles. The maximum Gasteiger partial charge on any atom is 0.327 e. The lowest BCUT2D eigenvalue weighted by Crippen LogP contribution is -2.52. The molecule has 1 aromatic heterocycles. The lowest BCUT2D eigenvalue weighted by atomic mass is 10.2. The molecule has 0 radical (unpaired) electrons. The summed E-state index contributed by atoms with van der Waals surface area (Å²) >= 11 is 1.56. The Bertz CT molecular complexity index is 435. The first-order valence-electron chi connectivity index (χ1n) is 5.71. The number of aromatic nitrogens is 2. The number of nitrogens with zero attached hydrogens (tertiary/aromatic N) is 3. The van der Waals surface area contributed by atoms with Crippen LogP contribution in [-0.4, -0.2) is 55.8 Å². The van der Waals surface area contributed by atoms with Crippen molar-refractivity contribution in [2.24, 2.45) is 0 Å². The van der Waals surface area contributed by atoms with Crippen molar-refractivity contribution >= 4 is 23.6 Å². The van der Waals surface area contributed by atoms with E-state index in [9.17, 15) is 9.59 Å². The summed E-state index contributed by atoms with van der Waals surface area (Å²) in [5, 5.41) is 13.2. The van der Waals surface area contributed by atoms with Crippen molar-refractivity contribution < 1.29 is 14.7 Å². The topological polar surface area (TPSA) is 75.4 Å². The van der Waals surface area contributed by atoms with Crippen molar-refractivity contribution in [1.29, 1.82) is 0 Å². The number of amides is 1. The van der Waals surface area contributed by atoms with Gasteiger partial charge in [0.25, 0.3) is 0 Å². The van der Waals surface area contributed by atoms with Gasteiger partial charge < -0.3 is 10.0 Å². The highest BCUT2D eigenvalue weighted by Gasteiger charge is 2.34. The summed E-state index contributed by atoms with van der Waals surface area (Å²) in [5.74, 6) is 0.100. The van der Waals surface area contributed by atoms with Crippen LogP contribution >= 0.6 is 11.8 Å². The van der Waals surface area contributed by atoms with Crippen LogP contribution in [0.25, 0.3) is 0 Å². The van der Waals surface area contributed by atoms with Gasteiger partial charge in [-0.2, -0.15) is 16.9 Å². The molecule has 6 nitrogen and oxygen atoms in total. The number of rotatable bonds is 3. The molecule has 98 valence electrons. The minimum Gasteiger partial charge on any atom is -0.480 e. The van der Waals surface area contributed by atoms with Crippen molar-refractivity contribution in [1.82, 2.24) is 14.7 Å². The second kappa shape index (κ2) is 5.43. The van der Waals surface area contributed by atoms with Crippen LogP contribution in [0, 0.1) is 0 Å². The normalized spacial score (nSPS) is 21.6. The Labute approximate surface area is 109 Å². The van der Waals surface area contributed by atoms with Crippen LogP contribution < -0.4 is 0 Å². The largest absolute Gasteiger partial charge is 0.480 e. The second-order valence-electron chi connectivity index (χ2n) is 4.12. The third-order valence-corrected chi connectivity index (χ3v) is 4.00. The molecular formula is C11H15N3O3S. The van der Waals surface area contributed by atoms with Crippen molar-refractivity contribution in [3.8, 4) is 0 Å². The number of hydrogen-bond donors (Lipinski definition) is 1. The van der Waals surface area contributed by atoms with Crippen LogP contribution in [-0.2, 0) is 9.59 Å². The fourth-order valence-corrected chi connectivity index (χ4v) is 2.97. The van der Waals surface area contributed by atoms with E-state index >= 15 is 0 Å². The number of aliphatic carboxylic acids is 1. The van der Waals surface area contributed by atoms with Gasteiger partial charge in [-0.3, -0.25) is 9.48 Å². The van der Waals surface area contributed by atoms with Gasteiger partial charge in [0.15, 0.2) is 0 Å². The van der Waals surface area contributed by atoms with Gasteiger partial charge in [0, 0.05) is 30.4 Å². The summed E-state index contributed by atoms with van der Waals surface area (Å²) in [7, 11) is 0. The van der Waals surface area contributed by atoms with Crippen LogP contribution in [0.4, 0.5) is 0 Å². The van der Waals surface area contributed by atoms with Crippen LogP contribution in [0.3, 0.4) is 0 Å². The van der Waals surface area contributed by atoms with Gasteiger partial charge in [-0.15, -0.1) is 0 Å². The quantitative estimate of drug-likeness (QED) is 0.863. The molecule has 0 aliphatic carbocycles. The van der Waals surface area contributed by atoms with E-state index in [1.54, 1.807) is 41.8 Å². The standard InChI is InChI=1S/C11H15N3O3S/c1-8(14-4-2-3-12-14)10(15)13-5-6-18-7-9(13)11(16)17/h2-4,8-9H,5-7H2,1H3,(H,16,17). The minimum atomic E-state index is -0.941. The van der Waals surface area contributed by atoms with Crippen LogP contribution in [0.1, 0.15) is 13.0 Å². The molecule has 1 fully saturated rings. The number of carbonyl (C=O) groups excluding carboxylic acids is 1. The Kier molecular flexibility index (Phi) is 3.90. The molecule has 0 aromatic carbocycles. The summed E-state index contributed by atoms with van der Waals surface area (Å²) in [6.45, 7) is 2.21. The SMILES string of the molecule is CC(C(=O)N1CCSCC1C(=O)O)n1cccn1. The summed E-state index contributed by atoms with van der Waals surface area (Å²) < 4.78 is 1.54. The number of thioether (sulfide) groups is 1. The highest BCUT2D eigenvalue weighted by Crippen LogP contribution is 2.20. The monoisotopic (exact) mass is 269 g/mol. The van der Waals surface area contributed by atoms with E-state index in [1.807, 2.05) is 0 Å². The van der Waals surface area contributed by atoms with Gasteiger partial charge in [-0.1, -0.05) is 0 Å². The Morgan fingerprint density at radius 1 is 1.56 bits per heavy atom. The predicted molar refractivity (Wildman–Crippen MR) is 67.4 cm³/mol. The molecule has 0 saturated carbocycles. The van der Waals surface area contributed by atoms with Gasteiger partial charge in [0.05, 0.1) is 0 Å². The van der Waals surface area contributed by atoms with Crippen LogP contribution in [0.15, 0.2) is 18.5 Å². The Morgan fingerprint density at radius 2 is 2.33 bits per heavy atom. The molecular weight excluding hydrogens is 254 g/mol. The lowest BCUT2D eigenvalue weighted by Gasteiger charge is -2.34. The summed E-state index contributed by atoms with van der Waals surface area (Å²) in [5.41, 5.74) is 0. The van der Waals surface area contributed by atoms with Crippen LogP contribution in [0.5, 0.6) is 0 Å². The van der Waals surface area contributed by atoms with Gasteiger partial charge in [0.2, 0.25) is 5.91 Å². The third-order valence-electron chi connectivity index (χ3n) is 2.98. The van der Waals surface area contributed by atoms with E-state index in [-0.39, 0.29) is 5.91 Å².